The fourth-order valence-corrected chi connectivity index (χ4v) is 3.76. The molecule has 3 heterocycles. The maximum absolute atomic E-state index is 13.2. The zero-order valence-corrected chi connectivity index (χ0v) is 16.7. The Balaban J connectivity index is 1.81. The summed E-state index contributed by atoms with van der Waals surface area (Å²) in [6, 6.07) is 22.9. The van der Waals surface area contributed by atoms with Gasteiger partial charge in [0.1, 0.15) is 5.52 Å². The van der Waals surface area contributed by atoms with Gasteiger partial charge in [0.15, 0.2) is 11.6 Å². The van der Waals surface area contributed by atoms with Gasteiger partial charge >= 0.3 is 0 Å². The average Bonchev–Trinajstić information content (AvgIpc) is 3.23. The van der Waals surface area contributed by atoms with Gasteiger partial charge in [-0.1, -0.05) is 48.5 Å². The van der Waals surface area contributed by atoms with E-state index in [4.69, 9.17) is 4.42 Å². The van der Waals surface area contributed by atoms with Gasteiger partial charge in [0.05, 0.1) is 0 Å². The van der Waals surface area contributed by atoms with E-state index in [-0.39, 0.29) is 5.56 Å². The molecule has 5 nitrogen and oxygen atoms in total. The topological polar surface area (TPSA) is 60.9 Å². The number of nitrogens with zero attached hydrogens (tertiary/aromatic N) is 3. The molecule has 3 aromatic heterocycles. The molecular formula is C23H14BrN3O2. The van der Waals surface area contributed by atoms with Crippen LogP contribution in [-0.2, 0) is 0 Å². The van der Waals surface area contributed by atoms with E-state index in [9.17, 15) is 4.79 Å². The summed E-state index contributed by atoms with van der Waals surface area (Å²) in [4.78, 5) is 22.2. The second-order valence-electron chi connectivity index (χ2n) is 6.46. The molecule has 0 fully saturated rings. The fraction of sp³-hybridized carbons (Fsp3) is 0. The van der Waals surface area contributed by atoms with Crippen LogP contribution in [0.3, 0.4) is 0 Å². The van der Waals surface area contributed by atoms with Crippen molar-refractivity contribution in [1.82, 2.24) is 14.5 Å². The van der Waals surface area contributed by atoms with Crippen LogP contribution in [0, 0.1) is 0 Å². The van der Waals surface area contributed by atoms with Gasteiger partial charge in [-0.3, -0.25) is 14.3 Å². The van der Waals surface area contributed by atoms with Crippen molar-refractivity contribution in [3.63, 3.8) is 0 Å². The van der Waals surface area contributed by atoms with Gasteiger partial charge in [0.25, 0.3) is 5.56 Å². The van der Waals surface area contributed by atoms with Crippen molar-refractivity contribution in [3.05, 3.63) is 100 Å². The Hall–Kier alpha value is -3.51. The van der Waals surface area contributed by atoms with Gasteiger partial charge in [-0.2, -0.15) is 4.98 Å². The highest BCUT2D eigenvalue weighted by molar-refractivity contribution is 9.10. The van der Waals surface area contributed by atoms with Gasteiger partial charge in [0.2, 0.25) is 5.89 Å². The zero-order valence-electron chi connectivity index (χ0n) is 15.1. The Morgan fingerprint density at radius 3 is 2.28 bits per heavy atom. The molecule has 29 heavy (non-hydrogen) atoms. The second kappa shape index (κ2) is 7.14. The number of benzene rings is 2. The average molecular weight is 444 g/mol. The Kier molecular flexibility index (Phi) is 4.33. The first-order valence-electron chi connectivity index (χ1n) is 9.00. The fourth-order valence-electron chi connectivity index (χ4n) is 3.24. The van der Waals surface area contributed by atoms with Crippen LogP contribution < -0.4 is 5.56 Å². The number of pyridine rings is 2. The number of hydrogen-bond acceptors (Lipinski definition) is 4. The molecule has 0 spiro atoms. The number of hydrogen-bond donors (Lipinski definition) is 0. The number of halogens is 1. The highest BCUT2D eigenvalue weighted by atomic mass is 79.9. The third kappa shape index (κ3) is 3.07. The monoisotopic (exact) mass is 443 g/mol. The van der Waals surface area contributed by atoms with Gasteiger partial charge in [-0.05, 0) is 40.2 Å². The van der Waals surface area contributed by atoms with Gasteiger partial charge in [-0.15, -0.1) is 0 Å². The van der Waals surface area contributed by atoms with E-state index in [0.717, 1.165) is 21.0 Å². The summed E-state index contributed by atoms with van der Waals surface area (Å²) in [6.45, 7) is 0. The first-order valence-corrected chi connectivity index (χ1v) is 9.79. The highest BCUT2D eigenvalue weighted by Crippen LogP contribution is 2.32. The molecule has 140 valence electrons. The van der Waals surface area contributed by atoms with E-state index < -0.39 is 0 Å². The minimum absolute atomic E-state index is 0.256. The molecule has 0 saturated carbocycles. The maximum atomic E-state index is 13.2. The van der Waals surface area contributed by atoms with Crippen molar-refractivity contribution in [2.75, 3.05) is 0 Å². The highest BCUT2D eigenvalue weighted by Gasteiger charge is 2.20. The summed E-state index contributed by atoms with van der Waals surface area (Å²) >= 11 is 3.55. The minimum Gasteiger partial charge on any atom is -0.434 e. The Labute approximate surface area is 174 Å². The first-order chi connectivity index (χ1) is 14.2. The van der Waals surface area contributed by atoms with Crippen LogP contribution in [0.4, 0.5) is 0 Å². The molecular weight excluding hydrogens is 430 g/mol. The number of fused-ring (bicyclic) bond motifs is 1. The molecule has 0 atom stereocenters. The third-order valence-electron chi connectivity index (χ3n) is 4.62. The lowest BCUT2D eigenvalue weighted by atomic mass is 10.2. The number of oxazole rings is 1. The van der Waals surface area contributed by atoms with Gasteiger partial charge in [0, 0.05) is 33.4 Å². The summed E-state index contributed by atoms with van der Waals surface area (Å²) in [5.41, 5.74) is 1.78. The van der Waals surface area contributed by atoms with Crippen LogP contribution in [-0.4, -0.2) is 14.5 Å². The molecule has 0 unspecified atom stereocenters. The van der Waals surface area contributed by atoms with E-state index in [1.54, 1.807) is 18.5 Å². The van der Waals surface area contributed by atoms with Gasteiger partial charge < -0.3 is 4.42 Å². The van der Waals surface area contributed by atoms with Crippen molar-refractivity contribution in [3.8, 4) is 28.6 Å². The van der Waals surface area contributed by atoms with Crippen molar-refractivity contribution in [2.45, 2.75) is 0 Å². The maximum Gasteiger partial charge on any atom is 0.282 e. The van der Waals surface area contributed by atoms with E-state index in [1.807, 2.05) is 66.7 Å². The molecule has 6 heteroatoms. The Bertz CT molecular complexity index is 1380. The summed E-state index contributed by atoms with van der Waals surface area (Å²) in [5.74, 6) is 1.39. The number of aromatic nitrogens is 3. The van der Waals surface area contributed by atoms with E-state index >= 15 is 0 Å². The summed E-state index contributed by atoms with van der Waals surface area (Å²) in [5, 5.41) is 0.752. The van der Waals surface area contributed by atoms with Crippen LogP contribution >= 0.6 is 15.9 Å². The summed E-state index contributed by atoms with van der Waals surface area (Å²) in [6.07, 6.45) is 3.32. The number of rotatable bonds is 3. The zero-order chi connectivity index (χ0) is 19.8. The molecule has 0 saturated heterocycles. The molecule has 5 rings (SSSR count). The summed E-state index contributed by atoms with van der Waals surface area (Å²) in [7, 11) is 0. The molecule has 0 amide bonds. The molecule has 0 aliphatic carbocycles. The lowest BCUT2D eigenvalue weighted by Gasteiger charge is -2.07. The molecule has 0 aliphatic rings. The van der Waals surface area contributed by atoms with Crippen molar-refractivity contribution in [2.24, 2.45) is 0 Å². The van der Waals surface area contributed by atoms with Crippen LogP contribution in [0.2, 0.25) is 0 Å². The van der Waals surface area contributed by atoms with Crippen molar-refractivity contribution < 1.29 is 4.42 Å². The first kappa shape index (κ1) is 17.6. The van der Waals surface area contributed by atoms with Crippen molar-refractivity contribution in [1.29, 1.82) is 0 Å². The predicted octanol–water partition coefficient (Wildman–Crippen LogP) is 5.47. The van der Waals surface area contributed by atoms with E-state index in [0.29, 0.717) is 23.0 Å². The SMILES string of the molecule is O=c1c2ncccc2c(Br)cn1-c1nc(-c2ccccc2)oc1-c1ccccc1. The summed E-state index contributed by atoms with van der Waals surface area (Å²) < 4.78 is 8.38. The van der Waals surface area contributed by atoms with E-state index in [1.165, 1.54) is 4.57 Å². The van der Waals surface area contributed by atoms with Crippen LogP contribution in [0.25, 0.3) is 39.5 Å². The molecule has 0 radical (unpaired) electrons. The molecule has 0 N–H and O–H groups in total. The minimum atomic E-state index is -0.256. The Morgan fingerprint density at radius 2 is 1.55 bits per heavy atom. The van der Waals surface area contributed by atoms with Crippen LogP contribution in [0.15, 0.2) is 98.9 Å². The van der Waals surface area contributed by atoms with Crippen LogP contribution in [0.1, 0.15) is 0 Å². The molecule has 5 aromatic rings. The van der Waals surface area contributed by atoms with E-state index in [2.05, 4.69) is 25.9 Å². The lowest BCUT2D eigenvalue weighted by Crippen LogP contribution is -2.20. The standard InChI is InChI=1S/C23H14BrN3O2/c24-18-14-27(23(28)19-17(18)12-7-13-25-19)21-20(15-8-3-1-4-9-15)29-22(26-21)16-10-5-2-6-11-16/h1-14H. The lowest BCUT2D eigenvalue weighted by molar-refractivity contribution is 0.588. The third-order valence-corrected chi connectivity index (χ3v) is 5.25. The van der Waals surface area contributed by atoms with Crippen molar-refractivity contribution >= 4 is 26.8 Å². The molecule has 0 aliphatic heterocycles. The Morgan fingerprint density at radius 1 is 0.862 bits per heavy atom. The molecule has 2 aromatic carbocycles. The normalized spacial score (nSPS) is 11.1. The smallest absolute Gasteiger partial charge is 0.282 e. The van der Waals surface area contributed by atoms with Crippen LogP contribution in [0.5, 0.6) is 0 Å². The quantitative estimate of drug-likeness (QED) is 0.370. The molecule has 0 bridgehead atoms. The largest absolute Gasteiger partial charge is 0.434 e. The predicted molar refractivity (Wildman–Crippen MR) is 116 cm³/mol. The second-order valence-corrected chi connectivity index (χ2v) is 7.31. The van der Waals surface area contributed by atoms with Gasteiger partial charge in [-0.25, -0.2) is 0 Å².